The smallest absolute Gasteiger partial charge is 0.325 e. The Bertz CT molecular complexity index is 830. The average Bonchev–Trinajstić information content (AvgIpc) is 3.37. The number of hydrogen-bond donors (Lipinski definition) is 2. The Kier molecular flexibility index (Phi) is 5.74. The molecule has 30 heavy (non-hydrogen) atoms. The number of nitrogens with one attached hydrogen (secondary N) is 2. The van der Waals surface area contributed by atoms with E-state index < -0.39 is 17.6 Å². The third kappa shape index (κ3) is 4.32. The van der Waals surface area contributed by atoms with Gasteiger partial charge in [-0.3, -0.25) is 19.3 Å². The summed E-state index contributed by atoms with van der Waals surface area (Å²) in [6.45, 7) is 0.159. The molecule has 1 aliphatic heterocycles. The molecule has 1 heterocycles. The van der Waals surface area contributed by atoms with Crippen molar-refractivity contribution in [1.82, 2.24) is 15.5 Å². The summed E-state index contributed by atoms with van der Waals surface area (Å²) in [6.07, 6.45) is 4.38. The molecule has 0 radical (unpaired) electrons. The van der Waals surface area contributed by atoms with Gasteiger partial charge < -0.3 is 15.4 Å². The Morgan fingerprint density at radius 2 is 1.87 bits per heavy atom. The molecule has 4 rings (SSSR count). The number of ether oxygens (including phenoxy) is 1. The molecular weight excluding hydrogens is 386 g/mol. The lowest BCUT2D eigenvalue weighted by Gasteiger charge is -2.20. The van der Waals surface area contributed by atoms with Gasteiger partial charge in [-0.25, -0.2) is 4.79 Å². The van der Waals surface area contributed by atoms with E-state index in [1.165, 1.54) is 4.90 Å². The zero-order valence-corrected chi connectivity index (χ0v) is 16.9. The minimum absolute atomic E-state index is 0.0180. The van der Waals surface area contributed by atoms with Gasteiger partial charge >= 0.3 is 12.0 Å². The van der Waals surface area contributed by atoms with Crippen LogP contribution in [0.4, 0.5) is 4.79 Å². The first-order valence-corrected chi connectivity index (χ1v) is 10.7. The fourth-order valence-electron chi connectivity index (χ4n) is 4.17. The Labute approximate surface area is 175 Å². The number of hydrogen-bond acceptors (Lipinski definition) is 5. The number of benzene rings is 1. The van der Waals surface area contributed by atoms with Crippen LogP contribution >= 0.6 is 0 Å². The van der Waals surface area contributed by atoms with Gasteiger partial charge in [0.05, 0.1) is 0 Å². The number of esters is 1. The molecule has 3 aliphatic rings. The molecule has 0 bridgehead atoms. The van der Waals surface area contributed by atoms with Gasteiger partial charge in [0.25, 0.3) is 11.8 Å². The Balaban J connectivity index is 1.31. The second kappa shape index (κ2) is 8.45. The van der Waals surface area contributed by atoms with Crippen LogP contribution in [0.15, 0.2) is 30.3 Å². The van der Waals surface area contributed by atoms with Crippen LogP contribution in [0.5, 0.6) is 0 Å². The first-order chi connectivity index (χ1) is 14.5. The summed E-state index contributed by atoms with van der Waals surface area (Å²) in [6, 6.07) is 8.67. The molecule has 1 atom stereocenters. The quantitative estimate of drug-likeness (QED) is 0.502. The van der Waals surface area contributed by atoms with Gasteiger partial charge in [-0.1, -0.05) is 43.2 Å². The number of urea groups is 1. The van der Waals surface area contributed by atoms with E-state index in [9.17, 15) is 19.2 Å². The molecule has 1 saturated heterocycles. The van der Waals surface area contributed by atoms with Crippen molar-refractivity contribution in [2.24, 2.45) is 0 Å². The summed E-state index contributed by atoms with van der Waals surface area (Å²) in [5.74, 6) is -1.05. The van der Waals surface area contributed by atoms with E-state index in [2.05, 4.69) is 10.6 Å². The van der Waals surface area contributed by atoms with Gasteiger partial charge in [0.15, 0.2) is 0 Å². The van der Waals surface area contributed by atoms with Crippen LogP contribution in [0.25, 0.3) is 0 Å². The lowest BCUT2D eigenvalue weighted by Crippen LogP contribution is -2.44. The molecule has 3 fully saturated rings. The zero-order valence-electron chi connectivity index (χ0n) is 16.9. The third-order valence-corrected chi connectivity index (χ3v) is 5.98. The summed E-state index contributed by atoms with van der Waals surface area (Å²) < 4.78 is 5.48. The normalized spacial score (nSPS) is 20.9. The van der Waals surface area contributed by atoms with Crippen molar-refractivity contribution in [2.75, 3.05) is 6.54 Å². The summed E-state index contributed by atoms with van der Waals surface area (Å²) in [4.78, 5) is 51.0. The van der Waals surface area contributed by atoms with Crippen LogP contribution in [0.1, 0.15) is 63.0 Å². The Hall–Kier alpha value is -2.90. The van der Waals surface area contributed by atoms with Crippen molar-refractivity contribution in [2.45, 2.75) is 69.1 Å². The average molecular weight is 413 g/mol. The predicted octanol–water partition coefficient (Wildman–Crippen LogP) is 2.19. The van der Waals surface area contributed by atoms with Crippen LogP contribution in [-0.4, -0.2) is 46.8 Å². The number of carbonyl (C=O) groups is 4. The topological polar surface area (TPSA) is 105 Å². The first kappa shape index (κ1) is 20.4. The van der Waals surface area contributed by atoms with Crippen LogP contribution in [0.3, 0.4) is 0 Å². The van der Waals surface area contributed by atoms with E-state index in [0.717, 1.165) is 25.7 Å². The monoisotopic (exact) mass is 413 g/mol. The van der Waals surface area contributed by atoms with E-state index in [0.29, 0.717) is 24.8 Å². The van der Waals surface area contributed by atoms with Crippen LogP contribution in [0.2, 0.25) is 0 Å². The van der Waals surface area contributed by atoms with E-state index >= 15 is 0 Å². The lowest BCUT2D eigenvalue weighted by atomic mass is 9.98. The van der Waals surface area contributed by atoms with E-state index in [1.54, 1.807) is 24.3 Å². The molecule has 0 aromatic heterocycles. The number of carbonyl (C=O) groups excluding carboxylic acids is 4. The largest absolute Gasteiger partial charge is 0.447 e. The standard InChI is InChI=1S/C22H27N3O5/c26-17(9-6-14-25-20(28)22(24-21(25)29)12-4-5-13-22)30-18(15-7-2-1-3-8-15)19(27)23-16-10-11-16/h1-3,7-8,16,18H,4-6,9-14H2,(H,23,27)(H,24,29). The third-order valence-electron chi connectivity index (χ3n) is 5.98. The summed E-state index contributed by atoms with van der Waals surface area (Å²) in [5, 5.41) is 5.70. The van der Waals surface area contributed by atoms with Gasteiger partial charge in [-0.2, -0.15) is 0 Å². The minimum Gasteiger partial charge on any atom is -0.447 e. The number of imide groups is 1. The Morgan fingerprint density at radius 3 is 2.53 bits per heavy atom. The van der Waals surface area contributed by atoms with Crippen molar-refractivity contribution in [3.05, 3.63) is 35.9 Å². The highest BCUT2D eigenvalue weighted by Gasteiger charge is 2.52. The highest BCUT2D eigenvalue weighted by molar-refractivity contribution is 6.07. The molecule has 160 valence electrons. The molecule has 1 unspecified atom stereocenters. The SMILES string of the molecule is O=C(CCCN1C(=O)NC2(CCCC2)C1=O)OC(C(=O)NC1CC1)c1ccccc1. The van der Waals surface area contributed by atoms with E-state index in [1.807, 2.05) is 6.07 Å². The summed E-state index contributed by atoms with van der Waals surface area (Å²) in [5.41, 5.74) is -0.127. The van der Waals surface area contributed by atoms with Gasteiger partial charge in [0.2, 0.25) is 6.10 Å². The lowest BCUT2D eigenvalue weighted by molar-refractivity contribution is -0.156. The van der Waals surface area contributed by atoms with Gasteiger partial charge in [0.1, 0.15) is 5.54 Å². The fourth-order valence-corrected chi connectivity index (χ4v) is 4.17. The van der Waals surface area contributed by atoms with Crippen molar-refractivity contribution < 1.29 is 23.9 Å². The fraction of sp³-hybridized carbons (Fsp3) is 0.545. The molecule has 1 spiro atoms. The van der Waals surface area contributed by atoms with Gasteiger partial charge in [0, 0.05) is 24.6 Å². The van der Waals surface area contributed by atoms with E-state index in [-0.39, 0.29) is 36.9 Å². The highest BCUT2D eigenvalue weighted by Crippen LogP contribution is 2.35. The second-order valence-corrected chi connectivity index (χ2v) is 8.34. The van der Waals surface area contributed by atoms with Crippen molar-refractivity contribution in [3.63, 3.8) is 0 Å². The predicted molar refractivity (Wildman–Crippen MR) is 107 cm³/mol. The first-order valence-electron chi connectivity index (χ1n) is 10.7. The zero-order chi connectivity index (χ0) is 21.1. The van der Waals surface area contributed by atoms with Gasteiger partial charge in [-0.15, -0.1) is 0 Å². The number of amides is 4. The minimum atomic E-state index is -1.00. The maximum absolute atomic E-state index is 12.6. The summed E-state index contributed by atoms with van der Waals surface area (Å²) >= 11 is 0. The molecule has 2 aliphatic carbocycles. The van der Waals surface area contributed by atoms with Crippen molar-refractivity contribution in [3.8, 4) is 0 Å². The highest BCUT2D eigenvalue weighted by atomic mass is 16.5. The number of rotatable bonds is 8. The molecule has 1 aromatic rings. The molecule has 4 amide bonds. The molecule has 2 saturated carbocycles. The molecular formula is C22H27N3O5. The second-order valence-electron chi connectivity index (χ2n) is 8.34. The molecule has 8 nitrogen and oxygen atoms in total. The van der Waals surface area contributed by atoms with Crippen LogP contribution in [-0.2, 0) is 19.1 Å². The molecule has 1 aromatic carbocycles. The summed E-state index contributed by atoms with van der Waals surface area (Å²) in [7, 11) is 0. The maximum Gasteiger partial charge on any atom is 0.325 e. The molecule has 2 N–H and O–H groups in total. The molecule has 8 heteroatoms. The van der Waals surface area contributed by atoms with Crippen LogP contribution < -0.4 is 10.6 Å². The number of nitrogens with zero attached hydrogens (tertiary/aromatic N) is 1. The maximum atomic E-state index is 12.6. The van der Waals surface area contributed by atoms with Crippen LogP contribution in [0, 0.1) is 0 Å². The van der Waals surface area contributed by atoms with Crippen molar-refractivity contribution in [1.29, 1.82) is 0 Å². The Morgan fingerprint density at radius 1 is 1.17 bits per heavy atom. The van der Waals surface area contributed by atoms with Gasteiger partial charge in [-0.05, 0) is 32.1 Å². The van der Waals surface area contributed by atoms with E-state index in [4.69, 9.17) is 4.74 Å². The van der Waals surface area contributed by atoms with Crippen molar-refractivity contribution >= 4 is 23.8 Å².